The van der Waals surface area contributed by atoms with Gasteiger partial charge in [0, 0.05) is 16.0 Å². The number of halogens is 2. The maximum Gasteiger partial charge on any atom is 0.163 e. The second-order valence-electron chi connectivity index (χ2n) is 6.34. The smallest absolute Gasteiger partial charge is 0.163 e. The van der Waals surface area contributed by atoms with Crippen molar-refractivity contribution >= 4 is 11.3 Å². The third-order valence-corrected chi connectivity index (χ3v) is 5.96. The van der Waals surface area contributed by atoms with Gasteiger partial charge >= 0.3 is 0 Å². The highest BCUT2D eigenvalue weighted by Gasteiger charge is 2.50. The molecular weight excluding hydrogens is 340 g/mol. The highest BCUT2D eigenvalue weighted by molar-refractivity contribution is 7.12. The van der Waals surface area contributed by atoms with Crippen LogP contribution in [0.3, 0.4) is 0 Å². The molecule has 1 aliphatic carbocycles. The zero-order valence-corrected chi connectivity index (χ0v) is 14.8. The predicted octanol–water partition coefficient (Wildman–Crippen LogP) is 5.49. The van der Waals surface area contributed by atoms with Crippen LogP contribution in [0.25, 0.3) is 11.3 Å². The topological polar surface area (TPSA) is 22.1 Å². The number of ether oxygens (including phenoxy) is 1. The summed E-state index contributed by atoms with van der Waals surface area (Å²) in [5, 5.41) is 0.861. The summed E-state index contributed by atoms with van der Waals surface area (Å²) in [4.78, 5) is 5.88. The molecule has 0 amide bonds. The fourth-order valence-electron chi connectivity index (χ4n) is 3.21. The fraction of sp³-hybridized carbons (Fsp3) is 0.250. The summed E-state index contributed by atoms with van der Waals surface area (Å²) in [5.41, 5.74) is 1.83. The predicted molar refractivity (Wildman–Crippen MR) is 95.2 cm³/mol. The first-order valence-electron chi connectivity index (χ1n) is 8.12. The van der Waals surface area contributed by atoms with Crippen molar-refractivity contribution in [2.45, 2.75) is 25.2 Å². The Morgan fingerprint density at radius 2 is 1.80 bits per heavy atom. The first-order chi connectivity index (χ1) is 12.0. The number of benzene rings is 2. The molecule has 0 aliphatic heterocycles. The number of hydrogen-bond acceptors (Lipinski definition) is 3. The van der Waals surface area contributed by atoms with Crippen LogP contribution >= 0.6 is 11.3 Å². The summed E-state index contributed by atoms with van der Waals surface area (Å²) in [6.45, 7) is 2.01. The second-order valence-corrected chi connectivity index (χ2v) is 7.54. The first kappa shape index (κ1) is 16.2. The van der Waals surface area contributed by atoms with Crippen LogP contribution in [0.15, 0.2) is 42.5 Å². The van der Waals surface area contributed by atoms with Crippen LogP contribution in [0.4, 0.5) is 8.78 Å². The van der Waals surface area contributed by atoms with Crippen molar-refractivity contribution in [3.63, 3.8) is 0 Å². The molecule has 0 atom stereocenters. The van der Waals surface area contributed by atoms with Crippen molar-refractivity contribution < 1.29 is 13.5 Å². The summed E-state index contributed by atoms with van der Waals surface area (Å²) < 4.78 is 33.2. The van der Waals surface area contributed by atoms with E-state index in [-0.39, 0.29) is 0 Å². The average molecular weight is 357 g/mol. The Kier molecular flexibility index (Phi) is 3.84. The van der Waals surface area contributed by atoms with Crippen molar-refractivity contribution in [2.24, 2.45) is 0 Å². The Labute approximate surface area is 149 Å². The Bertz CT molecular complexity index is 929. The standard InChI is InChI=1S/C20H17F2NOS/c1-12-18(13-6-8-14(24-2)9-7-13)23-19(25-12)20(10-11-20)15-4-3-5-16(21)17(15)22/h3-9H,10-11H2,1-2H3. The molecule has 5 heteroatoms. The van der Waals surface area contributed by atoms with Crippen molar-refractivity contribution in [3.05, 3.63) is 69.5 Å². The number of methoxy groups -OCH3 is 1. The maximum absolute atomic E-state index is 14.3. The van der Waals surface area contributed by atoms with E-state index in [9.17, 15) is 8.78 Å². The molecular formula is C20H17F2NOS. The Balaban J connectivity index is 1.76. The van der Waals surface area contributed by atoms with Gasteiger partial charge in [-0.3, -0.25) is 0 Å². The van der Waals surface area contributed by atoms with Crippen LogP contribution in [-0.2, 0) is 5.41 Å². The summed E-state index contributed by atoms with van der Waals surface area (Å²) in [7, 11) is 1.63. The maximum atomic E-state index is 14.3. The summed E-state index contributed by atoms with van der Waals surface area (Å²) in [6, 6.07) is 12.1. The van der Waals surface area contributed by atoms with E-state index >= 15 is 0 Å². The molecule has 1 aliphatic rings. The normalized spacial score (nSPS) is 15.2. The minimum Gasteiger partial charge on any atom is -0.497 e. The van der Waals surface area contributed by atoms with Gasteiger partial charge in [0.05, 0.1) is 18.2 Å². The van der Waals surface area contributed by atoms with E-state index < -0.39 is 17.0 Å². The van der Waals surface area contributed by atoms with Crippen LogP contribution in [-0.4, -0.2) is 12.1 Å². The largest absolute Gasteiger partial charge is 0.497 e. The molecule has 25 heavy (non-hydrogen) atoms. The van der Waals surface area contributed by atoms with Gasteiger partial charge in [-0.2, -0.15) is 0 Å². The molecule has 2 nitrogen and oxygen atoms in total. The van der Waals surface area contributed by atoms with Gasteiger partial charge in [0.15, 0.2) is 11.6 Å². The number of hydrogen-bond donors (Lipinski definition) is 0. The van der Waals surface area contributed by atoms with Crippen molar-refractivity contribution in [1.82, 2.24) is 4.98 Å². The van der Waals surface area contributed by atoms with Gasteiger partial charge in [0.1, 0.15) is 10.8 Å². The molecule has 0 saturated heterocycles. The van der Waals surface area contributed by atoms with Crippen LogP contribution in [0.5, 0.6) is 5.75 Å². The average Bonchev–Trinajstić information content (AvgIpc) is 3.34. The minimum atomic E-state index is -0.799. The lowest BCUT2D eigenvalue weighted by molar-refractivity contribution is 0.415. The van der Waals surface area contributed by atoms with E-state index in [0.717, 1.165) is 45.8 Å². The molecule has 3 aromatic rings. The number of rotatable bonds is 4. The molecule has 1 fully saturated rings. The number of aromatic nitrogens is 1. The molecule has 2 aromatic carbocycles. The van der Waals surface area contributed by atoms with Crippen LogP contribution in [0.1, 0.15) is 28.3 Å². The first-order valence-corrected chi connectivity index (χ1v) is 8.93. The molecule has 0 bridgehead atoms. The minimum absolute atomic E-state index is 0.419. The van der Waals surface area contributed by atoms with E-state index in [2.05, 4.69) is 0 Å². The summed E-state index contributed by atoms with van der Waals surface area (Å²) >= 11 is 1.57. The third-order valence-electron chi connectivity index (χ3n) is 4.79. The lowest BCUT2D eigenvalue weighted by Gasteiger charge is -2.14. The van der Waals surface area contributed by atoms with Gasteiger partial charge in [-0.05, 0) is 50.1 Å². The van der Waals surface area contributed by atoms with E-state index in [0.29, 0.717) is 5.56 Å². The lowest BCUT2D eigenvalue weighted by atomic mass is 9.96. The van der Waals surface area contributed by atoms with Crippen LogP contribution in [0.2, 0.25) is 0 Å². The molecule has 0 N–H and O–H groups in total. The molecule has 0 unspecified atom stereocenters. The van der Waals surface area contributed by atoms with Gasteiger partial charge < -0.3 is 4.74 Å². The Hall–Kier alpha value is -2.27. The van der Waals surface area contributed by atoms with Gasteiger partial charge in [-0.1, -0.05) is 12.1 Å². The monoisotopic (exact) mass is 357 g/mol. The zero-order valence-electron chi connectivity index (χ0n) is 14.0. The van der Waals surface area contributed by atoms with Gasteiger partial charge in [-0.25, -0.2) is 13.8 Å². The highest BCUT2D eigenvalue weighted by Crippen LogP contribution is 2.56. The number of thiazole rings is 1. The Morgan fingerprint density at radius 3 is 2.44 bits per heavy atom. The molecule has 1 saturated carbocycles. The molecule has 128 valence electrons. The van der Waals surface area contributed by atoms with E-state index in [1.54, 1.807) is 30.6 Å². The van der Waals surface area contributed by atoms with Gasteiger partial charge in [0.2, 0.25) is 0 Å². The SMILES string of the molecule is COc1ccc(-c2nc(C3(c4cccc(F)c4F)CC3)sc2C)cc1. The van der Waals surface area contributed by atoms with Crippen LogP contribution in [0, 0.1) is 18.6 Å². The molecule has 1 aromatic heterocycles. The number of aryl methyl sites for hydroxylation is 1. The number of nitrogens with zero attached hydrogens (tertiary/aromatic N) is 1. The van der Waals surface area contributed by atoms with Gasteiger partial charge in [-0.15, -0.1) is 11.3 Å². The third kappa shape index (κ3) is 2.63. The van der Waals surface area contributed by atoms with Gasteiger partial charge in [0.25, 0.3) is 0 Å². The molecule has 0 spiro atoms. The second kappa shape index (κ2) is 5.92. The van der Waals surface area contributed by atoms with E-state index in [1.807, 2.05) is 31.2 Å². The highest BCUT2D eigenvalue weighted by atomic mass is 32.1. The van der Waals surface area contributed by atoms with Crippen molar-refractivity contribution in [3.8, 4) is 17.0 Å². The summed E-state index contributed by atoms with van der Waals surface area (Å²) in [6.07, 6.45) is 1.59. The zero-order chi connectivity index (χ0) is 17.6. The Morgan fingerprint density at radius 1 is 1.08 bits per heavy atom. The van der Waals surface area contributed by atoms with E-state index in [1.165, 1.54) is 0 Å². The molecule has 0 radical (unpaired) electrons. The van der Waals surface area contributed by atoms with E-state index in [4.69, 9.17) is 9.72 Å². The fourth-order valence-corrected chi connectivity index (χ4v) is 4.41. The van der Waals surface area contributed by atoms with Crippen LogP contribution < -0.4 is 4.74 Å². The summed E-state index contributed by atoms with van der Waals surface area (Å²) in [5.74, 6) is -0.761. The van der Waals surface area contributed by atoms with Crippen molar-refractivity contribution in [2.75, 3.05) is 7.11 Å². The molecule has 1 heterocycles. The van der Waals surface area contributed by atoms with Crippen molar-refractivity contribution in [1.29, 1.82) is 0 Å². The lowest BCUT2D eigenvalue weighted by Crippen LogP contribution is -2.11. The quantitative estimate of drug-likeness (QED) is 0.616. The molecule has 4 rings (SSSR count).